The van der Waals surface area contributed by atoms with Crippen LogP contribution in [0.4, 0.5) is 26.1 Å². The summed E-state index contributed by atoms with van der Waals surface area (Å²) in [6, 6.07) is 4.66. The number of nitrogens with one attached hydrogen (secondary N) is 2. The molecule has 11 heteroatoms. The molecule has 1 saturated carbocycles. The first-order valence-corrected chi connectivity index (χ1v) is 11.0. The Morgan fingerprint density at radius 1 is 1.19 bits per heavy atom. The van der Waals surface area contributed by atoms with Gasteiger partial charge in [-0.3, -0.25) is 9.48 Å². The predicted octanol–water partition coefficient (Wildman–Crippen LogP) is 4.80. The number of carbonyl (C=O) groups is 1. The Morgan fingerprint density at radius 3 is 2.50 bits per heavy atom. The van der Waals surface area contributed by atoms with E-state index in [1.54, 1.807) is 25.4 Å². The van der Waals surface area contributed by atoms with Gasteiger partial charge in [0.15, 0.2) is 34.5 Å². The lowest BCUT2D eigenvalue weighted by molar-refractivity contribution is -0.111. The number of pyridine rings is 1. The quantitative estimate of drug-likeness (QED) is 0.338. The number of aryl methyl sites for hydroxylation is 1. The number of benzene rings is 1. The lowest BCUT2D eigenvalue weighted by atomic mass is 9.91. The number of hydrogen-bond donors (Lipinski definition) is 2. The number of anilines is 3. The second-order valence-electron chi connectivity index (χ2n) is 8.47. The zero-order valence-corrected chi connectivity index (χ0v) is 19.8. The number of fused-ring (bicyclic) bond motifs is 1. The van der Waals surface area contributed by atoms with E-state index in [1.165, 1.54) is 31.2 Å². The molecule has 1 aliphatic carbocycles. The largest absolute Gasteiger partial charge is 0.494 e. The zero-order valence-electron chi connectivity index (χ0n) is 19.8. The summed E-state index contributed by atoms with van der Waals surface area (Å²) in [5.74, 6) is -0.903. The molecule has 1 fully saturated rings. The van der Waals surface area contributed by atoms with Gasteiger partial charge in [0.1, 0.15) is 17.3 Å². The summed E-state index contributed by atoms with van der Waals surface area (Å²) < 4.78 is 48.3. The van der Waals surface area contributed by atoms with E-state index in [4.69, 9.17) is 13.9 Å². The van der Waals surface area contributed by atoms with Crippen LogP contribution in [-0.2, 0) is 17.3 Å². The number of furan rings is 1. The van der Waals surface area contributed by atoms with Crippen LogP contribution < -0.4 is 20.1 Å². The Hall–Kier alpha value is -4.41. The van der Waals surface area contributed by atoms with Crippen molar-refractivity contribution < 1.29 is 27.5 Å². The normalized spacial score (nSPS) is 13.9. The lowest BCUT2D eigenvalue weighted by Gasteiger charge is -2.18. The van der Waals surface area contributed by atoms with E-state index in [0.717, 1.165) is 6.08 Å². The number of nitrogens with zero attached hydrogens (tertiary/aromatic N) is 3. The highest BCUT2D eigenvalue weighted by Gasteiger charge is 2.53. The first-order chi connectivity index (χ1) is 17.3. The van der Waals surface area contributed by atoms with Gasteiger partial charge in [0.05, 0.1) is 32.0 Å². The highest BCUT2D eigenvalue weighted by atomic mass is 19.1. The number of aromatic nitrogens is 3. The summed E-state index contributed by atoms with van der Waals surface area (Å²) in [5, 5.41) is 10.7. The average molecular weight is 495 g/mol. The predicted molar refractivity (Wildman–Crippen MR) is 129 cm³/mol. The zero-order chi connectivity index (χ0) is 25.6. The van der Waals surface area contributed by atoms with Gasteiger partial charge in [-0.15, -0.1) is 0 Å². The van der Waals surface area contributed by atoms with Gasteiger partial charge in [-0.05, 0) is 31.1 Å². The molecule has 186 valence electrons. The molecule has 36 heavy (non-hydrogen) atoms. The van der Waals surface area contributed by atoms with E-state index in [9.17, 15) is 4.79 Å². The number of amides is 1. The van der Waals surface area contributed by atoms with Gasteiger partial charge >= 0.3 is 0 Å². The van der Waals surface area contributed by atoms with Crippen LogP contribution in [0.3, 0.4) is 0 Å². The molecule has 0 atom stereocenters. The summed E-state index contributed by atoms with van der Waals surface area (Å²) in [4.78, 5) is 16.1. The van der Waals surface area contributed by atoms with Crippen molar-refractivity contribution in [2.45, 2.75) is 18.3 Å². The summed E-state index contributed by atoms with van der Waals surface area (Å²) in [6.07, 6.45) is 5.30. The van der Waals surface area contributed by atoms with Crippen molar-refractivity contribution in [1.82, 2.24) is 14.8 Å². The summed E-state index contributed by atoms with van der Waals surface area (Å²) >= 11 is 0. The SMILES string of the molecule is C=CC(=O)Nc1cn(C)nc1Nc1cc2cc(C3(c4c(F)c(OC)cc(OC)c4F)CC3)oc2cn1. The van der Waals surface area contributed by atoms with Gasteiger partial charge in [0, 0.05) is 24.1 Å². The summed E-state index contributed by atoms with van der Waals surface area (Å²) in [6.45, 7) is 3.45. The van der Waals surface area contributed by atoms with E-state index >= 15 is 8.78 Å². The van der Waals surface area contributed by atoms with Crippen LogP contribution in [0.5, 0.6) is 11.5 Å². The third-order valence-corrected chi connectivity index (χ3v) is 6.20. The molecule has 0 unspecified atom stereocenters. The minimum absolute atomic E-state index is 0.103. The molecule has 3 heterocycles. The second kappa shape index (κ2) is 8.67. The van der Waals surface area contributed by atoms with Gasteiger partial charge in [-0.1, -0.05) is 6.58 Å². The third kappa shape index (κ3) is 3.82. The molecule has 1 aliphatic rings. The Labute approximate surface area is 204 Å². The van der Waals surface area contributed by atoms with Crippen molar-refractivity contribution in [1.29, 1.82) is 0 Å². The van der Waals surface area contributed by atoms with Crippen LogP contribution in [-0.4, -0.2) is 34.9 Å². The van der Waals surface area contributed by atoms with Crippen LogP contribution >= 0.6 is 0 Å². The topological polar surface area (TPSA) is 103 Å². The summed E-state index contributed by atoms with van der Waals surface area (Å²) in [5.41, 5.74) is -0.211. The third-order valence-electron chi connectivity index (χ3n) is 6.20. The van der Waals surface area contributed by atoms with Crippen LogP contribution in [0.1, 0.15) is 24.2 Å². The molecule has 4 aromatic rings. The van der Waals surface area contributed by atoms with Crippen molar-refractivity contribution in [3.05, 3.63) is 66.2 Å². The fourth-order valence-electron chi connectivity index (χ4n) is 4.28. The van der Waals surface area contributed by atoms with Crippen molar-refractivity contribution in [3.8, 4) is 11.5 Å². The van der Waals surface area contributed by atoms with E-state index in [-0.39, 0.29) is 23.0 Å². The second-order valence-corrected chi connectivity index (χ2v) is 8.47. The monoisotopic (exact) mass is 495 g/mol. The maximum absolute atomic E-state index is 15.3. The van der Waals surface area contributed by atoms with Crippen LogP contribution in [0.25, 0.3) is 11.0 Å². The van der Waals surface area contributed by atoms with E-state index in [0.29, 0.717) is 46.9 Å². The van der Waals surface area contributed by atoms with Gasteiger partial charge < -0.3 is 24.5 Å². The molecular formula is C25H23F2N5O4. The molecule has 3 aromatic heterocycles. The van der Waals surface area contributed by atoms with Crippen molar-refractivity contribution in [2.24, 2.45) is 7.05 Å². The molecule has 0 radical (unpaired) electrons. The van der Waals surface area contributed by atoms with Gasteiger partial charge in [0.2, 0.25) is 5.91 Å². The Bertz CT molecular complexity index is 1480. The minimum Gasteiger partial charge on any atom is -0.494 e. The van der Waals surface area contributed by atoms with Crippen molar-refractivity contribution in [2.75, 3.05) is 24.9 Å². The minimum atomic E-state index is -0.980. The number of hydrogen-bond acceptors (Lipinski definition) is 7. The molecular weight excluding hydrogens is 472 g/mol. The Kier molecular flexibility index (Phi) is 5.62. The van der Waals surface area contributed by atoms with Crippen molar-refractivity contribution >= 4 is 34.2 Å². The molecule has 1 aromatic carbocycles. The highest BCUT2D eigenvalue weighted by Crippen LogP contribution is 2.57. The summed E-state index contributed by atoms with van der Waals surface area (Å²) in [7, 11) is 4.35. The standard InChI is InChI=1S/C25H23F2N5O4/c1-5-20(33)29-14-12-32(2)31-24(14)30-19-9-13-8-18(36-17(13)11-28-19)25(6-7-25)21-22(26)15(34-3)10-16(35-4)23(21)27/h5,8-12H,1,6-7H2,2-4H3,(H,29,33)(H,28,30,31). The number of carbonyl (C=O) groups excluding carboxylic acids is 1. The fraction of sp³-hybridized carbons (Fsp3) is 0.240. The van der Waals surface area contributed by atoms with Gasteiger partial charge in [-0.25, -0.2) is 13.8 Å². The first-order valence-electron chi connectivity index (χ1n) is 11.0. The molecule has 0 spiro atoms. The molecule has 0 saturated heterocycles. The maximum Gasteiger partial charge on any atom is 0.247 e. The van der Waals surface area contributed by atoms with E-state index < -0.39 is 17.0 Å². The molecule has 1 amide bonds. The van der Waals surface area contributed by atoms with E-state index in [2.05, 4.69) is 27.3 Å². The maximum atomic E-state index is 15.3. The van der Waals surface area contributed by atoms with Crippen LogP contribution in [0.2, 0.25) is 0 Å². The van der Waals surface area contributed by atoms with E-state index in [1.807, 2.05) is 0 Å². The Balaban J connectivity index is 1.51. The number of rotatable bonds is 8. The molecule has 0 aliphatic heterocycles. The molecule has 0 bridgehead atoms. The number of methoxy groups -OCH3 is 2. The Morgan fingerprint density at radius 2 is 1.89 bits per heavy atom. The highest BCUT2D eigenvalue weighted by molar-refractivity contribution is 6.01. The fourth-order valence-corrected chi connectivity index (χ4v) is 4.28. The lowest BCUT2D eigenvalue weighted by Crippen LogP contribution is -2.14. The average Bonchev–Trinajstić information content (AvgIpc) is 3.42. The van der Waals surface area contributed by atoms with Crippen LogP contribution in [0.15, 0.2) is 47.7 Å². The molecule has 9 nitrogen and oxygen atoms in total. The molecule has 5 rings (SSSR count). The number of halogens is 2. The van der Waals surface area contributed by atoms with Crippen LogP contribution in [0, 0.1) is 11.6 Å². The van der Waals surface area contributed by atoms with Gasteiger partial charge in [-0.2, -0.15) is 5.10 Å². The van der Waals surface area contributed by atoms with Gasteiger partial charge in [0.25, 0.3) is 0 Å². The number of ether oxygens (including phenoxy) is 2. The first kappa shape index (κ1) is 23.3. The van der Waals surface area contributed by atoms with Crippen molar-refractivity contribution in [3.63, 3.8) is 0 Å². The molecule has 2 N–H and O–H groups in total. The smallest absolute Gasteiger partial charge is 0.247 e.